The number of fused-ring (bicyclic) bond motifs is 1. The summed E-state index contributed by atoms with van der Waals surface area (Å²) in [7, 11) is 0. The Kier molecular flexibility index (Phi) is 4.30. The number of thioether (sulfide) groups is 1. The predicted octanol–water partition coefficient (Wildman–Crippen LogP) is 2.32. The van der Waals surface area contributed by atoms with Crippen LogP contribution in [0.15, 0.2) is 53.5 Å². The SMILES string of the molecule is O=C(NC1=NCCS1)c1ccc2c(c1)C(=O)N(Cc1ccccc1)C2=O. The quantitative estimate of drug-likeness (QED) is 0.847. The summed E-state index contributed by atoms with van der Waals surface area (Å²) in [4.78, 5) is 43.0. The third-order valence-electron chi connectivity index (χ3n) is 4.22. The molecular formula is C19H15N3O3S. The van der Waals surface area contributed by atoms with Gasteiger partial charge in [-0.15, -0.1) is 0 Å². The van der Waals surface area contributed by atoms with Crippen LogP contribution in [-0.4, -0.2) is 40.1 Å². The fourth-order valence-corrected chi connectivity index (χ4v) is 3.64. The summed E-state index contributed by atoms with van der Waals surface area (Å²) < 4.78 is 0. The van der Waals surface area contributed by atoms with Gasteiger partial charge in [0.05, 0.1) is 24.2 Å². The second-order valence-corrected chi connectivity index (χ2v) is 7.02. The molecule has 2 aliphatic rings. The number of rotatable bonds is 3. The lowest BCUT2D eigenvalue weighted by atomic mass is 10.1. The number of amidine groups is 1. The first-order valence-corrected chi connectivity index (χ1v) is 9.15. The molecule has 0 spiro atoms. The average molecular weight is 365 g/mol. The molecule has 0 aliphatic carbocycles. The lowest BCUT2D eigenvalue weighted by molar-refractivity contribution is 0.0642. The van der Waals surface area contributed by atoms with Crippen LogP contribution in [0.4, 0.5) is 0 Å². The zero-order valence-corrected chi connectivity index (χ0v) is 14.6. The monoisotopic (exact) mass is 365 g/mol. The topological polar surface area (TPSA) is 78.8 Å². The summed E-state index contributed by atoms with van der Waals surface area (Å²) in [5.74, 6) is -0.198. The minimum atomic E-state index is -0.379. The molecule has 130 valence electrons. The molecule has 2 aromatic rings. The van der Waals surface area contributed by atoms with Crippen molar-refractivity contribution in [3.05, 3.63) is 70.8 Å². The van der Waals surface area contributed by atoms with E-state index in [0.717, 1.165) is 11.3 Å². The van der Waals surface area contributed by atoms with E-state index in [4.69, 9.17) is 0 Å². The number of amides is 3. The number of nitrogens with one attached hydrogen (secondary N) is 1. The molecule has 3 amide bonds. The number of nitrogens with zero attached hydrogens (tertiary/aromatic N) is 2. The molecule has 2 heterocycles. The lowest BCUT2D eigenvalue weighted by Gasteiger charge is -2.13. The Bertz CT molecular complexity index is 940. The molecule has 0 unspecified atom stereocenters. The summed E-state index contributed by atoms with van der Waals surface area (Å²) in [6.07, 6.45) is 0. The van der Waals surface area contributed by atoms with Gasteiger partial charge in [-0.2, -0.15) is 0 Å². The van der Waals surface area contributed by atoms with Crippen LogP contribution in [0.5, 0.6) is 0 Å². The molecule has 26 heavy (non-hydrogen) atoms. The highest BCUT2D eigenvalue weighted by atomic mass is 32.2. The highest BCUT2D eigenvalue weighted by molar-refractivity contribution is 8.14. The van der Waals surface area contributed by atoms with Gasteiger partial charge in [0, 0.05) is 11.3 Å². The normalized spacial score (nSPS) is 15.8. The molecule has 4 rings (SSSR count). The maximum Gasteiger partial charge on any atom is 0.261 e. The molecule has 0 radical (unpaired) electrons. The summed E-state index contributed by atoms with van der Waals surface area (Å²) >= 11 is 1.48. The molecule has 7 heteroatoms. The van der Waals surface area contributed by atoms with Crippen molar-refractivity contribution in [1.82, 2.24) is 10.2 Å². The summed E-state index contributed by atoms with van der Waals surface area (Å²) in [5.41, 5.74) is 1.80. The second kappa shape index (κ2) is 6.76. The van der Waals surface area contributed by atoms with Crippen molar-refractivity contribution in [3.8, 4) is 0 Å². The molecule has 2 aliphatic heterocycles. The molecule has 0 fully saturated rings. The fourth-order valence-electron chi connectivity index (χ4n) is 2.92. The first kappa shape index (κ1) is 16.5. The predicted molar refractivity (Wildman–Crippen MR) is 99.3 cm³/mol. The van der Waals surface area contributed by atoms with Crippen molar-refractivity contribution in [2.45, 2.75) is 6.54 Å². The second-order valence-electron chi connectivity index (χ2n) is 5.93. The van der Waals surface area contributed by atoms with Crippen LogP contribution in [0.1, 0.15) is 36.6 Å². The number of hydrogen-bond acceptors (Lipinski definition) is 5. The highest BCUT2D eigenvalue weighted by Gasteiger charge is 2.36. The van der Waals surface area contributed by atoms with Crippen LogP contribution < -0.4 is 5.32 Å². The number of imide groups is 1. The Morgan fingerprint density at radius 2 is 1.85 bits per heavy atom. The van der Waals surface area contributed by atoms with E-state index in [1.807, 2.05) is 30.3 Å². The van der Waals surface area contributed by atoms with Crippen molar-refractivity contribution in [2.24, 2.45) is 4.99 Å². The molecule has 0 saturated heterocycles. The smallest absolute Gasteiger partial charge is 0.261 e. The van der Waals surface area contributed by atoms with Gasteiger partial charge in [0.15, 0.2) is 5.17 Å². The molecule has 2 aromatic carbocycles. The Hall–Kier alpha value is -2.93. The number of carbonyl (C=O) groups excluding carboxylic acids is 3. The van der Waals surface area contributed by atoms with Crippen molar-refractivity contribution in [1.29, 1.82) is 0 Å². The van der Waals surface area contributed by atoms with E-state index in [1.165, 1.54) is 22.7 Å². The molecule has 0 saturated carbocycles. The van der Waals surface area contributed by atoms with Gasteiger partial charge < -0.3 is 5.32 Å². The van der Waals surface area contributed by atoms with Gasteiger partial charge in [0.2, 0.25) is 0 Å². The standard InChI is InChI=1S/C19H15N3O3S/c23-16(21-19-20-8-9-26-19)13-6-7-14-15(10-13)18(25)22(17(14)24)11-12-4-2-1-3-5-12/h1-7,10H,8-9,11H2,(H,20,21,23). The minimum absolute atomic E-state index is 0.210. The van der Waals surface area contributed by atoms with Crippen molar-refractivity contribution >= 4 is 34.7 Å². The van der Waals surface area contributed by atoms with E-state index in [9.17, 15) is 14.4 Å². The molecule has 0 aromatic heterocycles. The fraction of sp³-hybridized carbons (Fsp3) is 0.158. The van der Waals surface area contributed by atoms with E-state index in [1.54, 1.807) is 12.1 Å². The summed E-state index contributed by atoms with van der Waals surface area (Å²) in [6, 6.07) is 13.9. The van der Waals surface area contributed by atoms with Crippen molar-refractivity contribution < 1.29 is 14.4 Å². The first-order chi connectivity index (χ1) is 12.6. The van der Waals surface area contributed by atoms with Crippen LogP contribution >= 0.6 is 11.8 Å². The average Bonchev–Trinajstić information content (AvgIpc) is 3.25. The van der Waals surface area contributed by atoms with Crippen LogP contribution in [0, 0.1) is 0 Å². The lowest BCUT2D eigenvalue weighted by Crippen LogP contribution is -2.29. The molecule has 1 N–H and O–H groups in total. The van der Waals surface area contributed by atoms with E-state index in [2.05, 4.69) is 10.3 Å². The van der Waals surface area contributed by atoms with Gasteiger partial charge in [0.25, 0.3) is 17.7 Å². The third kappa shape index (κ3) is 3.01. The Balaban J connectivity index is 1.57. The zero-order chi connectivity index (χ0) is 18.1. The minimum Gasteiger partial charge on any atom is -0.301 e. The Morgan fingerprint density at radius 1 is 1.08 bits per heavy atom. The van der Waals surface area contributed by atoms with Crippen LogP contribution in [0.25, 0.3) is 0 Å². The van der Waals surface area contributed by atoms with Gasteiger partial charge in [-0.25, -0.2) is 0 Å². The number of hydrogen-bond donors (Lipinski definition) is 1. The Morgan fingerprint density at radius 3 is 2.58 bits per heavy atom. The maximum atomic E-state index is 12.7. The Labute approximate surface area is 154 Å². The third-order valence-corrected chi connectivity index (χ3v) is 5.11. The van der Waals surface area contributed by atoms with Gasteiger partial charge in [-0.05, 0) is 23.8 Å². The number of carbonyl (C=O) groups is 3. The van der Waals surface area contributed by atoms with E-state index in [-0.39, 0.29) is 29.8 Å². The summed E-state index contributed by atoms with van der Waals surface area (Å²) in [5, 5.41) is 3.31. The van der Waals surface area contributed by atoms with Gasteiger partial charge in [-0.1, -0.05) is 42.1 Å². The summed E-state index contributed by atoms with van der Waals surface area (Å²) in [6.45, 7) is 0.897. The zero-order valence-electron chi connectivity index (χ0n) is 13.8. The van der Waals surface area contributed by atoms with Crippen molar-refractivity contribution in [3.63, 3.8) is 0 Å². The van der Waals surface area contributed by atoms with Gasteiger partial charge in [-0.3, -0.25) is 24.3 Å². The molecule has 0 atom stereocenters. The molecule has 0 bridgehead atoms. The highest BCUT2D eigenvalue weighted by Crippen LogP contribution is 2.25. The van der Waals surface area contributed by atoms with Crippen LogP contribution in [0.2, 0.25) is 0 Å². The maximum absolute atomic E-state index is 12.7. The van der Waals surface area contributed by atoms with E-state index in [0.29, 0.717) is 22.8 Å². The van der Waals surface area contributed by atoms with E-state index >= 15 is 0 Å². The van der Waals surface area contributed by atoms with Crippen molar-refractivity contribution in [2.75, 3.05) is 12.3 Å². The van der Waals surface area contributed by atoms with Crippen LogP contribution in [-0.2, 0) is 6.54 Å². The number of benzene rings is 2. The van der Waals surface area contributed by atoms with E-state index < -0.39 is 0 Å². The molecule has 6 nitrogen and oxygen atoms in total. The first-order valence-electron chi connectivity index (χ1n) is 8.16. The van der Waals surface area contributed by atoms with Gasteiger partial charge >= 0.3 is 0 Å². The largest absolute Gasteiger partial charge is 0.301 e. The van der Waals surface area contributed by atoms with Gasteiger partial charge in [0.1, 0.15) is 0 Å². The molecular weight excluding hydrogens is 350 g/mol. The number of aliphatic imine (C=N–C) groups is 1. The van der Waals surface area contributed by atoms with Crippen LogP contribution in [0.3, 0.4) is 0 Å².